The predicted octanol–water partition coefficient (Wildman–Crippen LogP) is 11.2. The number of halogens is 3. The first-order valence-electron chi connectivity index (χ1n) is 39.2. The van der Waals surface area contributed by atoms with Crippen molar-refractivity contribution in [3.05, 3.63) is 244 Å². The topological polar surface area (TPSA) is 181 Å². The van der Waals surface area contributed by atoms with Crippen LogP contribution >= 0.6 is 0 Å². The highest BCUT2D eigenvalue weighted by Crippen LogP contribution is 2.45. The summed E-state index contributed by atoms with van der Waals surface area (Å²) in [7, 11) is 2.64. The lowest BCUT2D eigenvalue weighted by molar-refractivity contribution is 0.0710. The van der Waals surface area contributed by atoms with Gasteiger partial charge in [0.25, 0.3) is 34.4 Å². The molecule has 0 radical (unpaired) electrons. The van der Waals surface area contributed by atoms with Gasteiger partial charge in [0.05, 0.1) is 88.6 Å². The Labute approximate surface area is 529 Å². The van der Waals surface area contributed by atoms with E-state index >= 15 is 0 Å². The van der Waals surface area contributed by atoms with Crippen molar-refractivity contribution in [2.45, 2.75) is 84.2 Å². The maximum absolute atomic E-state index is 14.9. The van der Waals surface area contributed by atoms with Crippen LogP contribution in [0.25, 0.3) is 32.3 Å². The second-order valence-corrected chi connectivity index (χ2v) is 20.4. The Morgan fingerprint density at radius 2 is 0.919 bits per heavy atom. The van der Waals surface area contributed by atoms with E-state index in [2.05, 4.69) is 26.9 Å². The van der Waals surface area contributed by atoms with Crippen LogP contribution in [0.4, 0.5) is 13.2 Å². The van der Waals surface area contributed by atoms with Gasteiger partial charge in [-0.15, -0.1) is 0 Å². The number of carbonyl (C=O) groups is 3. The van der Waals surface area contributed by atoms with Gasteiger partial charge >= 0.3 is 0 Å². The first kappa shape index (κ1) is 36.4. The summed E-state index contributed by atoms with van der Waals surface area (Å²) in [5.41, 5.74) is 1.85. The molecule has 5 N–H and O–H groups in total. The van der Waals surface area contributed by atoms with Crippen molar-refractivity contribution in [2.24, 2.45) is 17.8 Å². The van der Waals surface area contributed by atoms with Gasteiger partial charge in [-0.05, 0) is 119 Å². The van der Waals surface area contributed by atoms with Crippen molar-refractivity contribution in [1.82, 2.24) is 29.6 Å². The molecule has 3 aromatic heterocycles. The van der Waals surface area contributed by atoms with Gasteiger partial charge in [-0.3, -0.25) is 28.8 Å². The van der Waals surface area contributed by atoms with Gasteiger partial charge in [-0.25, -0.2) is 27.2 Å². The van der Waals surface area contributed by atoms with Crippen molar-refractivity contribution >= 4 is 50.0 Å². The molecule has 3 aliphatic carbocycles. The number of pyridine rings is 3. The monoisotopic (exact) mass is 1190 g/mol. The number of hydrogen-bond donors (Lipinski definition) is 5. The van der Waals surface area contributed by atoms with Crippen LogP contribution in [0.5, 0.6) is 0 Å². The Morgan fingerprint density at radius 1 is 0.547 bits per heavy atom. The third kappa shape index (κ3) is 11.8. The summed E-state index contributed by atoms with van der Waals surface area (Å²) in [5.74, 6) is -6.82. The van der Waals surface area contributed by atoms with Crippen molar-refractivity contribution in [2.75, 3.05) is 43.9 Å². The van der Waals surface area contributed by atoms with E-state index in [-0.39, 0.29) is 69.0 Å². The van der Waals surface area contributed by atoms with Crippen LogP contribution in [0.1, 0.15) is 161 Å². The van der Waals surface area contributed by atoms with Crippen molar-refractivity contribution in [3.8, 4) is 0 Å². The van der Waals surface area contributed by atoms with E-state index < -0.39 is 219 Å². The summed E-state index contributed by atoms with van der Waals surface area (Å²) < 4.78 is 242. The number of hydrogen-bond acceptors (Lipinski definition) is 9. The minimum absolute atomic E-state index is 0.0203. The third-order valence-corrected chi connectivity index (χ3v) is 15.0. The number of rotatable bonds is 16. The number of benzene rings is 6. The molecule has 86 heavy (non-hydrogen) atoms. The Hall–Kier alpha value is -9.45. The highest BCUT2D eigenvalue weighted by Gasteiger charge is 2.39. The van der Waals surface area contributed by atoms with E-state index in [0.29, 0.717) is 39.9 Å². The molecule has 3 heterocycles. The van der Waals surface area contributed by atoms with Gasteiger partial charge in [-0.2, -0.15) is 0 Å². The summed E-state index contributed by atoms with van der Waals surface area (Å²) in [6.45, 7) is -6.23. The lowest BCUT2D eigenvalue weighted by Crippen LogP contribution is -2.37. The van der Waals surface area contributed by atoms with Gasteiger partial charge < -0.3 is 31.8 Å². The second kappa shape index (κ2) is 25.4. The lowest BCUT2D eigenvalue weighted by atomic mass is 9.98. The molecular weight excluding hydrogens is 1100 g/mol. The quantitative estimate of drug-likeness (QED) is 0.0629. The number of nitrogens with zero attached hydrogens (tertiary/aromatic N) is 4. The van der Waals surface area contributed by atoms with Crippen LogP contribution in [-0.4, -0.2) is 64.3 Å². The van der Waals surface area contributed by atoms with Gasteiger partial charge in [0, 0.05) is 56.1 Å². The summed E-state index contributed by atoms with van der Waals surface area (Å²) in [6, 6.07) is -1.15. The Bertz CT molecular complexity index is 5420. The van der Waals surface area contributed by atoms with Crippen molar-refractivity contribution in [1.29, 1.82) is 0 Å². The van der Waals surface area contributed by atoms with Crippen LogP contribution in [0, 0.1) is 55.8 Å². The Morgan fingerprint density at radius 3 is 1.30 bits per heavy atom. The van der Waals surface area contributed by atoms with E-state index in [1.54, 1.807) is 13.8 Å². The van der Waals surface area contributed by atoms with Crippen LogP contribution < -0.4 is 43.6 Å². The summed E-state index contributed by atoms with van der Waals surface area (Å²) in [6.07, 6.45) is 3.35. The molecule has 0 spiro atoms. The minimum atomic E-state index is -3.32. The fraction of sp³-hybridized carbons (Fsp3) is 0.294. The molecule has 0 aliphatic heterocycles. The Balaban J connectivity index is 0.000000176. The van der Waals surface area contributed by atoms with Crippen molar-refractivity contribution < 1.29 is 60.5 Å². The molecule has 3 amide bonds. The molecular formula is C68H70F3N9O6. The van der Waals surface area contributed by atoms with Gasteiger partial charge in [0.1, 0.15) is 17.5 Å². The normalized spacial score (nSPS) is 19.1. The average molecular weight is 1190 g/mol. The minimum Gasteiger partial charge on any atom is -0.345 e. The third-order valence-electron chi connectivity index (χ3n) is 15.0. The van der Waals surface area contributed by atoms with E-state index in [0.717, 1.165) is 47.8 Å². The molecule has 12 rings (SSSR count). The molecule has 0 saturated heterocycles. The summed E-state index contributed by atoms with van der Waals surface area (Å²) in [5, 5.41) is 3.57. The second-order valence-electron chi connectivity index (χ2n) is 20.4. The fourth-order valence-electron chi connectivity index (χ4n) is 10.5. The van der Waals surface area contributed by atoms with E-state index in [1.807, 2.05) is 0 Å². The standard InChI is InChI=1S/2C23H24FN3O2.C22H22FN3O2/c1-14-19(17-10-7-11-18(24)20(17)23(29)27(14)25-2)22(28)26(3)21(16-12-13-16)15-8-5-4-6-9-15;1-3-25-27-14(2)19(17-10-7-11-18(24)20(17)23(27)29)22(28)26-21(16-12-13-16)15-8-5-4-6-9-15;1-13-18(16-9-6-10-17(23)19(16)22(28)26(13)24-2)21(27)25-20(15-11-12-15)14-7-4-3-5-8-14/h4-11,16,21,25H,12-13H2,1-3H3;4-11,16,21,25H,3,12-13H2,1-2H3,(H,26,28);3-10,15,20,24H,11-12H2,1-2H3,(H,25,27)/t2*21-;20-/m111/s1/i1D3,3D3,4D,5D,6D,8D,9D;2D3,4D,5D,6D,8D,9D;3D,4D,5D,7D,8D. The SMILES string of the molecule is [2H]c1c([2H])c([2H])c([C@@H](NC(=O)c2c(C([2H])([2H])[2H])n(NCC)c(=O)c3c(F)cccc23)C2CC2)c([2H])c1[2H].[2H]c1c([2H])c([2H])c([C@@H](NC(=O)c2c(C)n(NC)c(=O)c3c(F)cccc23)C2CC2)c([2H])c1[2H].[2H]c1c([2H])c([2H])c([C@H](C2CC2)N(C(=O)c2c(C([2H])([2H])[2H])n(NC)c(=O)c3c(F)cccc23)C([2H])([2H])[2H])c([2H])c1[2H]. The maximum atomic E-state index is 14.9. The molecule has 3 saturated carbocycles. The molecule has 6 aromatic carbocycles. The Kier molecular flexibility index (Phi) is 10.8. The first-order valence-corrected chi connectivity index (χ1v) is 27.2. The number of nitrogens with one attached hydrogen (secondary N) is 5. The molecule has 3 fully saturated rings. The van der Waals surface area contributed by atoms with Crippen LogP contribution in [0.2, 0.25) is 0 Å². The zero-order chi connectivity index (χ0) is 81.6. The predicted molar refractivity (Wildman–Crippen MR) is 332 cm³/mol. The molecule has 0 unspecified atom stereocenters. The fourth-order valence-corrected chi connectivity index (χ4v) is 10.5. The average Bonchev–Trinajstić information content (AvgIpc) is 1.55. The van der Waals surface area contributed by atoms with Crippen LogP contribution in [0.3, 0.4) is 0 Å². The lowest BCUT2D eigenvalue weighted by Gasteiger charge is -2.30. The molecule has 15 nitrogen and oxygen atoms in total. The van der Waals surface area contributed by atoms with Gasteiger partial charge in [0.2, 0.25) is 0 Å². The largest absolute Gasteiger partial charge is 0.345 e. The molecule has 3 atom stereocenters. The van der Waals surface area contributed by atoms with Crippen LogP contribution in [0.15, 0.2) is 160 Å². The van der Waals surface area contributed by atoms with Crippen molar-refractivity contribution in [3.63, 3.8) is 0 Å². The van der Waals surface area contributed by atoms with Gasteiger partial charge in [0.15, 0.2) is 0 Å². The zero-order valence-corrected chi connectivity index (χ0v) is 46.5. The number of amides is 3. The zero-order valence-electron chi connectivity index (χ0n) is 70.5. The maximum Gasteiger partial charge on any atom is 0.279 e. The molecule has 9 aromatic rings. The van der Waals surface area contributed by atoms with Gasteiger partial charge in [-0.1, -0.05) is 127 Å². The molecule has 444 valence electrons. The molecule has 0 bridgehead atoms. The highest BCUT2D eigenvalue weighted by atomic mass is 19.1. The van der Waals surface area contributed by atoms with E-state index in [9.17, 15) is 41.9 Å². The summed E-state index contributed by atoms with van der Waals surface area (Å²) in [4.78, 5) is 81.0. The smallest absolute Gasteiger partial charge is 0.279 e. The molecule has 18 heteroatoms. The number of fused-ring (bicyclic) bond motifs is 3. The first-order chi connectivity index (χ1) is 51.3. The highest BCUT2D eigenvalue weighted by molar-refractivity contribution is 6.10. The number of aromatic nitrogens is 3. The summed E-state index contributed by atoms with van der Waals surface area (Å²) >= 11 is 0. The van der Waals surface area contributed by atoms with E-state index in [1.165, 1.54) is 38.4 Å². The number of carbonyl (C=O) groups excluding carboxylic acids is 3. The molecule has 3 aliphatic rings. The van der Waals surface area contributed by atoms with E-state index in [4.69, 9.17) is 32.9 Å². The van der Waals surface area contributed by atoms with Crippen LogP contribution in [-0.2, 0) is 0 Å².